The number of aromatic hydroxyl groups is 2. The van der Waals surface area contributed by atoms with Crippen LogP contribution in [0.25, 0.3) is 0 Å². The van der Waals surface area contributed by atoms with E-state index in [4.69, 9.17) is 4.74 Å². The van der Waals surface area contributed by atoms with Gasteiger partial charge in [-0.1, -0.05) is 30.3 Å². The van der Waals surface area contributed by atoms with Crippen LogP contribution in [-0.4, -0.2) is 16.0 Å². The Bertz CT molecular complexity index is 677. The number of hydrogen-bond donors (Lipinski definition) is 2. The Balaban J connectivity index is 2.06. The number of fused-ring (bicyclic) bond motifs is 1. The van der Waals surface area contributed by atoms with E-state index in [-0.39, 0.29) is 35.0 Å². The van der Waals surface area contributed by atoms with Gasteiger partial charge in [-0.05, 0) is 12.5 Å². The van der Waals surface area contributed by atoms with Crippen molar-refractivity contribution in [3.05, 3.63) is 53.1 Å². The van der Waals surface area contributed by atoms with Gasteiger partial charge in [-0.2, -0.15) is 0 Å². The van der Waals surface area contributed by atoms with E-state index in [9.17, 15) is 15.0 Å². The molecule has 102 valence electrons. The zero-order chi connectivity index (χ0) is 14.3. The number of hydrogen-bond acceptors (Lipinski definition) is 4. The SMILES string of the molecule is Cc1c(O)cc2c(c1O)C(=O)C[C@@H](c1ccccc1)O2. The highest BCUT2D eigenvalue weighted by Crippen LogP contribution is 2.43. The molecule has 0 aromatic heterocycles. The van der Waals surface area contributed by atoms with Crippen molar-refractivity contribution in [2.45, 2.75) is 19.4 Å². The molecule has 2 N–H and O–H groups in total. The molecule has 20 heavy (non-hydrogen) atoms. The zero-order valence-electron chi connectivity index (χ0n) is 11.0. The monoisotopic (exact) mass is 270 g/mol. The Hall–Kier alpha value is -2.49. The fourth-order valence-electron chi connectivity index (χ4n) is 2.41. The number of carbonyl (C=O) groups is 1. The summed E-state index contributed by atoms with van der Waals surface area (Å²) in [5.74, 6) is -0.226. The van der Waals surface area contributed by atoms with Gasteiger partial charge in [-0.3, -0.25) is 4.79 Å². The molecule has 1 atom stereocenters. The molecule has 4 nitrogen and oxygen atoms in total. The molecule has 2 aromatic rings. The molecule has 0 amide bonds. The van der Waals surface area contributed by atoms with Crippen molar-refractivity contribution in [2.75, 3.05) is 0 Å². The number of phenols is 2. The van der Waals surface area contributed by atoms with Crippen LogP contribution < -0.4 is 4.74 Å². The summed E-state index contributed by atoms with van der Waals surface area (Å²) in [6, 6.07) is 10.8. The van der Waals surface area contributed by atoms with E-state index in [0.29, 0.717) is 5.56 Å². The van der Waals surface area contributed by atoms with Gasteiger partial charge in [0.05, 0.1) is 6.42 Å². The van der Waals surface area contributed by atoms with E-state index in [0.717, 1.165) is 5.56 Å². The molecule has 4 heteroatoms. The van der Waals surface area contributed by atoms with Crippen LogP contribution in [0.3, 0.4) is 0 Å². The number of carbonyl (C=O) groups excluding carboxylic acids is 1. The fourth-order valence-corrected chi connectivity index (χ4v) is 2.41. The third-order valence-electron chi connectivity index (χ3n) is 3.58. The van der Waals surface area contributed by atoms with E-state index < -0.39 is 6.10 Å². The molecule has 0 fully saturated rings. The van der Waals surface area contributed by atoms with E-state index in [1.165, 1.54) is 6.07 Å². The summed E-state index contributed by atoms with van der Waals surface area (Å²) in [5, 5.41) is 19.7. The van der Waals surface area contributed by atoms with Crippen molar-refractivity contribution in [3.63, 3.8) is 0 Å². The minimum Gasteiger partial charge on any atom is -0.507 e. The second kappa shape index (κ2) is 4.56. The Morgan fingerprint density at radius 2 is 1.90 bits per heavy atom. The lowest BCUT2D eigenvalue weighted by molar-refractivity contribution is 0.0844. The standard InChI is InChI=1S/C16H14O4/c1-9-11(17)7-14-15(16(9)19)12(18)8-13(20-14)10-5-3-2-4-6-10/h2-7,13,17,19H,8H2,1H3/t13-/m0/s1. The molecule has 1 aliphatic rings. The van der Waals surface area contributed by atoms with Crippen molar-refractivity contribution in [1.82, 2.24) is 0 Å². The maximum absolute atomic E-state index is 12.2. The molecule has 0 saturated heterocycles. The largest absolute Gasteiger partial charge is 0.507 e. The summed E-state index contributed by atoms with van der Waals surface area (Å²) < 4.78 is 5.76. The average Bonchev–Trinajstić information content (AvgIpc) is 2.45. The van der Waals surface area contributed by atoms with Gasteiger partial charge in [0.2, 0.25) is 0 Å². The highest BCUT2D eigenvalue weighted by molar-refractivity contribution is 6.03. The molecular weight excluding hydrogens is 256 g/mol. The number of ketones is 1. The summed E-state index contributed by atoms with van der Waals surface area (Å²) in [6.45, 7) is 1.56. The Morgan fingerprint density at radius 1 is 1.20 bits per heavy atom. The van der Waals surface area contributed by atoms with E-state index in [1.807, 2.05) is 30.3 Å². The second-order valence-electron chi connectivity index (χ2n) is 4.89. The Labute approximate surface area is 116 Å². The summed E-state index contributed by atoms with van der Waals surface area (Å²) in [5.41, 5.74) is 1.34. The molecular formula is C16H14O4. The lowest BCUT2D eigenvalue weighted by atomic mass is 9.94. The topological polar surface area (TPSA) is 66.8 Å². The summed E-state index contributed by atoms with van der Waals surface area (Å²) >= 11 is 0. The van der Waals surface area contributed by atoms with Crippen LogP contribution >= 0.6 is 0 Å². The van der Waals surface area contributed by atoms with Crippen LogP contribution in [0.5, 0.6) is 17.2 Å². The molecule has 0 aliphatic carbocycles. The first-order chi connectivity index (χ1) is 9.58. The molecule has 1 aliphatic heterocycles. The van der Waals surface area contributed by atoms with E-state index in [1.54, 1.807) is 6.92 Å². The molecule has 3 rings (SSSR count). The second-order valence-corrected chi connectivity index (χ2v) is 4.89. The molecule has 0 spiro atoms. The molecule has 0 unspecified atom stereocenters. The number of Topliss-reactive ketones (excluding diaryl/α,β-unsaturated/α-hetero) is 1. The predicted octanol–water partition coefficient (Wildman–Crippen LogP) is 3.11. The number of benzene rings is 2. The van der Waals surface area contributed by atoms with Gasteiger partial charge in [0.15, 0.2) is 5.78 Å². The van der Waals surface area contributed by atoms with Crippen LogP contribution in [0.1, 0.15) is 34.0 Å². The maximum atomic E-state index is 12.2. The van der Waals surface area contributed by atoms with Crippen LogP contribution in [-0.2, 0) is 0 Å². The number of ether oxygens (including phenoxy) is 1. The van der Waals surface area contributed by atoms with E-state index >= 15 is 0 Å². The average molecular weight is 270 g/mol. The van der Waals surface area contributed by atoms with Gasteiger partial charge in [0.1, 0.15) is 28.9 Å². The molecule has 0 radical (unpaired) electrons. The summed E-state index contributed by atoms with van der Waals surface area (Å²) in [4.78, 5) is 12.2. The van der Waals surface area contributed by atoms with Crippen LogP contribution in [0, 0.1) is 6.92 Å². The number of phenolic OH excluding ortho intramolecular Hbond substituents is 2. The molecule has 1 heterocycles. The van der Waals surface area contributed by atoms with Crippen LogP contribution in [0.4, 0.5) is 0 Å². The molecule has 0 bridgehead atoms. The quantitative estimate of drug-likeness (QED) is 0.835. The van der Waals surface area contributed by atoms with Crippen molar-refractivity contribution in [1.29, 1.82) is 0 Å². The zero-order valence-corrected chi connectivity index (χ0v) is 11.0. The first-order valence-electron chi connectivity index (χ1n) is 6.38. The van der Waals surface area contributed by atoms with Crippen LogP contribution in [0.15, 0.2) is 36.4 Å². The molecule has 0 saturated carbocycles. The van der Waals surface area contributed by atoms with Gasteiger partial charge in [0.25, 0.3) is 0 Å². The summed E-state index contributed by atoms with van der Waals surface area (Å²) in [6.07, 6.45) is -0.216. The van der Waals surface area contributed by atoms with E-state index in [2.05, 4.69) is 0 Å². The van der Waals surface area contributed by atoms with Gasteiger partial charge >= 0.3 is 0 Å². The van der Waals surface area contributed by atoms with Crippen LogP contribution in [0.2, 0.25) is 0 Å². The first-order valence-corrected chi connectivity index (χ1v) is 6.38. The minimum absolute atomic E-state index is 0.0808. The predicted molar refractivity (Wildman–Crippen MR) is 73.3 cm³/mol. The van der Waals surface area contributed by atoms with Gasteiger partial charge in [-0.25, -0.2) is 0 Å². The Kier molecular flexibility index (Phi) is 2.86. The summed E-state index contributed by atoms with van der Waals surface area (Å²) in [7, 11) is 0. The van der Waals surface area contributed by atoms with Crippen molar-refractivity contribution < 1.29 is 19.7 Å². The lowest BCUT2D eigenvalue weighted by Gasteiger charge is -2.26. The normalized spacial score (nSPS) is 17.4. The highest BCUT2D eigenvalue weighted by Gasteiger charge is 2.31. The number of rotatable bonds is 1. The maximum Gasteiger partial charge on any atom is 0.174 e. The van der Waals surface area contributed by atoms with Crippen molar-refractivity contribution >= 4 is 5.78 Å². The van der Waals surface area contributed by atoms with Gasteiger partial charge in [0, 0.05) is 11.6 Å². The third-order valence-corrected chi connectivity index (χ3v) is 3.58. The van der Waals surface area contributed by atoms with Gasteiger partial charge < -0.3 is 14.9 Å². The first kappa shape index (κ1) is 12.5. The Morgan fingerprint density at radius 3 is 2.60 bits per heavy atom. The smallest absolute Gasteiger partial charge is 0.174 e. The minimum atomic E-state index is -0.391. The van der Waals surface area contributed by atoms with Crippen molar-refractivity contribution in [2.24, 2.45) is 0 Å². The van der Waals surface area contributed by atoms with Gasteiger partial charge in [-0.15, -0.1) is 0 Å². The molecule has 2 aromatic carbocycles. The lowest BCUT2D eigenvalue weighted by Crippen LogP contribution is -2.20. The fraction of sp³-hybridized carbons (Fsp3) is 0.188. The highest BCUT2D eigenvalue weighted by atomic mass is 16.5. The third kappa shape index (κ3) is 1.90. The van der Waals surface area contributed by atoms with Crippen molar-refractivity contribution in [3.8, 4) is 17.2 Å².